The van der Waals surface area contributed by atoms with E-state index in [-0.39, 0.29) is 33.7 Å². The van der Waals surface area contributed by atoms with Crippen molar-refractivity contribution in [2.45, 2.75) is 35.8 Å². The number of benzene rings is 3. The summed E-state index contributed by atoms with van der Waals surface area (Å²) < 4.78 is 115. The first-order valence-corrected chi connectivity index (χ1v) is 13.6. The van der Waals surface area contributed by atoms with E-state index < -0.39 is 63.1 Å². The number of hydrogen-bond acceptors (Lipinski definition) is 6. The maximum Gasteiger partial charge on any atom is 0.416 e. The molecule has 1 atom stereocenters. The minimum atomic E-state index is -5.14. The monoisotopic (exact) mass is 613 g/mol. The van der Waals surface area contributed by atoms with Crippen molar-refractivity contribution in [2.24, 2.45) is 0 Å². The van der Waals surface area contributed by atoms with E-state index in [1.54, 1.807) is 30.3 Å². The second kappa shape index (κ2) is 11.5. The molecule has 0 amide bonds. The van der Waals surface area contributed by atoms with Gasteiger partial charge in [0, 0.05) is 5.56 Å². The molecule has 0 saturated carbocycles. The Labute approximate surface area is 234 Å². The molecule has 0 aliphatic heterocycles. The maximum absolute atomic E-state index is 14.1. The van der Waals surface area contributed by atoms with Crippen LogP contribution in [0.15, 0.2) is 71.6 Å². The zero-order chi connectivity index (χ0) is 30.9. The van der Waals surface area contributed by atoms with Gasteiger partial charge >= 0.3 is 18.3 Å². The van der Waals surface area contributed by atoms with Gasteiger partial charge in [0.15, 0.2) is 16.4 Å². The van der Waals surface area contributed by atoms with Crippen LogP contribution in [-0.4, -0.2) is 41.5 Å². The molecule has 1 unspecified atom stereocenters. The van der Waals surface area contributed by atoms with Crippen LogP contribution in [0.2, 0.25) is 0 Å². The molecule has 15 heteroatoms. The summed E-state index contributed by atoms with van der Waals surface area (Å²) in [4.78, 5) is 10.5. The van der Waals surface area contributed by atoms with Gasteiger partial charge in [-0.15, -0.1) is 5.10 Å². The number of aliphatic carboxylic acids is 1. The number of ether oxygens (including phenoxy) is 1. The molecule has 4 aromatic rings. The SMILES string of the molecule is Cc1cc(S(=O)(=O)C(Cc2cc(C(F)(F)F)cc(C(F)(F)F)c2)c2nn[nH]c2-c2ccccc2)ccc1OCC(=O)O. The first-order chi connectivity index (χ1) is 19.6. The molecule has 0 radical (unpaired) electrons. The second-order valence-electron chi connectivity index (χ2n) is 9.20. The van der Waals surface area contributed by atoms with Gasteiger partial charge in [-0.1, -0.05) is 35.5 Å². The number of nitrogens with one attached hydrogen (secondary N) is 1. The number of sulfone groups is 1. The lowest BCUT2D eigenvalue weighted by atomic mass is 9.99. The van der Waals surface area contributed by atoms with E-state index in [0.29, 0.717) is 17.7 Å². The second-order valence-corrected chi connectivity index (χ2v) is 11.3. The summed E-state index contributed by atoms with van der Waals surface area (Å²) in [5.74, 6) is -1.21. The first kappa shape index (κ1) is 30.6. The number of halogens is 6. The zero-order valence-electron chi connectivity index (χ0n) is 21.5. The molecule has 8 nitrogen and oxygen atoms in total. The number of carbonyl (C=O) groups is 1. The Morgan fingerprint density at radius 3 is 2.12 bits per heavy atom. The average molecular weight is 614 g/mol. The summed E-state index contributed by atoms with van der Waals surface area (Å²) >= 11 is 0. The summed E-state index contributed by atoms with van der Waals surface area (Å²) in [6.45, 7) is 0.741. The number of carboxylic acids is 1. The zero-order valence-corrected chi connectivity index (χ0v) is 22.3. The maximum atomic E-state index is 14.1. The first-order valence-electron chi connectivity index (χ1n) is 12.0. The summed E-state index contributed by atoms with van der Waals surface area (Å²) in [6, 6.07) is 12.5. The predicted octanol–water partition coefficient (Wildman–Crippen LogP) is 6.04. The largest absolute Gasteiger partial charge is 0.482 e. The van der Waals surface area contributed by atoms with Crippen LogP contribution in [-0.2, 0) is 33.4 Å². The molecule has 0 saturated heterocycles. The molecule has 4 rings (SSSR count). The van der Waals surface area contributed by atoms with E-state index in [1.165, 1.54) is 13.0 Å². The number of aromatic nitrogens is 3. The molecule has 0 aliphatic carbocycles. The molecule has 3 aromatic carbocycles. The van der Waals surface area contributed by atoms with Crippen LogP contribution in [0.1, 0.15) is 33.2 Å². The fraction of sp³-hybridized carbons (Fsp3) is 0.222. The Morgan fingerprint density at radius 2 is 1.57 bits per heavy atom. The van der Waals surface area contributed by atoms with Crippen LogP contribution in [0.4, 0.5) is 26.3 Å². The minimum absolute atomic E-state index is 0.0439. The number of rotatable bonds is 9. The van der Waals surface area contributed by atoms with Gasteiger partial charge < -0.3 is 9.84 Å². The van der Waals surface area contributed by atoms with Gasteiger partial charge in [0.05, 0.1) is 21.7 Å². The van der Waals surface area contributed by atoms with E-state index >= 15 is 0 Å². The van der Waals surface area contributed by atoms with E-state index in [1.807, 2.05) is 0 Å². The van der Waals surface area contributed by atoms with E-state index in [2.05, 4.69) is 15.4 Å². The number of nitrogens with zero attached hydrogens (tertiary/aromatic N) is 2. The molecule has 0 aliphatic rings. The third-order valence-corrected chi connectivity index (χ3v) is 8.26. The Balaban J connectivity index is 1.88. The normalized spacial score (nSPS) is 13.1. The molecule has 42 heavy (non-hydrogen) atoms. The van der Waals surface area contributed by atoms with Crippen molar-refractivity contribution in [3.05, 3.63) is 94.7 Å². The van der Waals surface area contributed by atoms with Crippen molar-refractivity contribution in [3.63, 3.8) is 0 Å². The summed E-state index contributed by atoms with van der Waals surface area (Å²) in [6.07, 6.45) is -11.1. The Morgan fingerprint density at radius 1 is 0.952 bits per heavy atom. The molecular formula is C27H21F6N3O5S. The Hall–Kier alpha value is -4.40. The lowest BCUT2D eigenvalue weighted by Crippen LogP contribution is -2.19. The Bertz CT molecular complexity index is 1670. The summed E-state index contributed by atoms with van der Waals surface area (Å²) in [7, 11) is -4.58. The average Bonchev–Trinajstić information content (AvgIpc) is 3.39. The number of aromatic amines is 1. The van der Waals surface area contributed by atoms with E-state index in [0.717, 1.165) is 12.1 Å². The van der Waals surface area contributed by atoms with Crippen LogP contribution in [0.5, 0.6) is 5.75 Å². The van der Waals surface area contributed by atoms with Crippen molar-refractivity contribution < 1.29 is 49.4 Å². The third-order valence-electron chi connectivity index (χ3n) is 6.21. The lowest BCUT2D eigenvalue weighted by Gasteiger charge is -2.20. The van der Waals surface area contributed by atoms with Gasteiger partial charge in [0.25, 0.3) is 0 Å². The highest BCUT2D eigenvalue weighted by Gasteiger charge is 2.39. The fourth-order valence-corrected chi connectivity index (χ4v) is 6.05. The topological polar surface area (TPSA) is 122 Å². The molecular weight excluding hydrogens is 592 g/mol. The molecule has 0 fully saturated rings. The molecule has 0 spiro atoms. The van der Waals surface area contributed by atoms with Crippen LogP contribution in [0.25, 0.3) is 11.3 Å². The quantitative estimate of drug-likeness (QED) is 0.221. The molecule has 1 aromatic heterocycles. The van der Waals surface area contributed by atoms with Gasteiger partial charge in [0.2, 0.25) is 0 Å². The van der Waals surface area contributed by atoms with E-state index in [9.17, 15) is 39.6 Å². The van der Waals surface area contributed by atoms with Crippen molar-refractivity contribution in [3.8, 4) is 17.0 Å². The third kappa shape index (κ3) is 6.73. The Kier molecular flexibility index (Phi) is 8.34. The highest BCUT2D eigenvalue weighted by Crippen LogP contribution is 2.40. The van der Waals surface area contributed by atoms with E-state index in [4.69, 9.17) is 9.84 Å². The number of aryl methyl sites for hydroxylation is 1. The fourth-order valence-electron chi connectivity index (χ4n) is 4.25. The molecule has 222 valence electrons. The van der Waals surface area contributed by atoms with Gasteiger partial charge in [-0.05, 0) is 60.9 Å². The molecule has 0 bridgehead atoms. The van der Waals surface area contributed by atoms with Crippen molar-refractivity contribution in [1.82, 2.24) is 15.4 Å². The van der Waals surface area contributed by atoms with Gasteiger partial charge in [-0.2, -0.15) is 26.3 Å². The van der Waals surface area contributed by atoms with Gasteiger partial charge in [-0.25, -0.2) is 13.2 Å². The minimum Gasteiger partial charge on any atom is -0.482 e. The number of alkyl halides is 6. The van der Waals surface area contributed by atoms with Gasteiger partial charge in [0.1, 0.15) is 16.7 Å². The highest BCUT2D eigenvalue weighted by atomic mass is 32.2. The number of carboxylic acid groups (broad SMARTS) is 1. The standard InChI is InChI=1S/C27H21F6N3O5S/c1-15-9-20(7-8-21(15)41-14-23(37)38)42(39,40)22(25-24(34-36-35-25)17-5-3-2-4-6-17)12-16-10-18(26(28,29)30)13-19(11-16)27(31,32)33/h2-11,13,22H,12,14H2,1H3,(H,37,38)(H,34,35,36). The number of H-pyrrole nitrogens is 1. The van der Waals surface area contributed by atoms with Crippen LogP contribution in [0, 0.1) is 6.92 Å². The molecule has 1 heterocycles. The van der Waals surface area contributed by atoms with Crippen LogP contribution >= 0.6 is 0 Å². The van der Waals surface area contributed by atoms with Crippen LogP contribution in [0.3, 0.4) is 0 Å². The van der Waals surface area contributed by atoms with Crippen molar-refractivity contribution >= 4 is 15.8 Å². The van der Waals surface area contributed by atoms with Crippen molar-refractivity contribution in [1.29, 1.82) is 0 Å². The molecule has 2 N–H and O–H groups in total. The summed E-state index contributed by atoms with van der Waals surface area (Å²) in [5.41, 5.74) is -3.22. The predicted molar refractivity (Wildman–Crippen MR) is 136 cm³/mol. The van der Waals surface area contributed by atoms with Crippen molar-refractivity contribution in [2.75, 3.05) is 6.61 Å². The van der Waals surface area contributed by atoms with Gasteiger partial charge in [-0.3, -0.25) is 5.10 Å². The smallest absolute Gasteiger partial charge is 0.416 e. The summed E-state index contributed by atoms with van der Waals surface area (Å²) in [5, 5.41) is 17.2. The van der Waals surface area contributed by atoms with Crippen LogP contribution < -0.4 is 4.74 Å². The number of hydrogen-bond donors (Lipinski definition) is 2. The highest BCUT2D eigenvalue weighted by molar-refractivity contribution is 7.91. The lowest BCUT2D eigenvalue weighted by molar-refractivity contribution is -0.143.